The van der Waals surface area contributed by atoms with Gasteiger partial charge in [0.2, 0.25) is 0 Å². The lowest BCUT2D eigenvalue weighted by molar-refractivity contribution is 0.667. The van der Waals surface area contributed by atoms with Crippen molar-refractivity contribution in [1.82, 2.24) is 5.32 Å². The first-order valence-corrected chi connectivity index (χ1v) is 17.5. The number of amidine groups is 2. The fourth-order valence-electron chi connectivity index (χ4n) is 7.79. The van der Waals surface area contributed by atoms with Crippen molar-refractivity contribution in [3.8, 4) is 11.1 Å². The number of hydrogen-bond acceptors (Lipinski definition) is 5. The molecule has 1 atom stereocenters. The molecule has 1 unspecified atom stereocenters. The third-order valence-electron chi connectivity index (χ3n) is 10.3. The first kappa shape index (κ1) is 28.8. The minimum absolute atomic E-state index is 0.499. The quantitative estimate of drug-likeness (QED) is 0.190. The molecule has 8 aromatic carbocycles. The van der Waals surface area contributed by atoms with Crippen LogP contribution < -0.4 is 5.32 Å². The Morgan fingerprint density at radius 1 is 0.385 bits per heavy atom. The summed E-state index contributed by atoms with van der Waals surface area (Å²) in [4.78, 5) is 10.5. The Balaban J connectivity index is 1.07. The molecule has 1 aliphatic rings. The van der Waals surface area contributed by atoms with Crippen molar-refractivity contribution in [1.29, 1.82) is 0 Å². The normalized spacial score (nSPS) is 14.7. The number of benzene rings is 8. The van der Waals surface area contributed by atoms with Gasteiger partial charge in [-0.15, -0.1) is 0 Å². The van der Waals surface area contributed by atoms with Crippen molar-refractivity contribution in [2.75, 3.05) is 0 Å². The second-order valence-corrected chi connectivity index (χ2v) is 13.4. The molecule has 0 saturated carbocycles. The monoisotopic (exact) mass is 667 g/mol. The summed E-state index contributed by atoms with van der Waals surface area (Å²) in [5.41, 5.74) is 8.62. The topological polar surface area (TPSA) is 63.0 Å². The number of rotatable bonds is 4. The molecule has 52 heavy (non-hydrogen) atoms. The summed E-state index contributed by atoms with van der Waals surface area (Å²) < 4.78 is 12.6. The maximum atomic E-state index is 6.47. The van der Waals surface area contributed by atoms with Crippen LogP contribution in [0, 0.1) is 0 Å². The lowest BCUT2D eigenvalue weighted by Crippen LogP contribution is -2.36. The Morgan fingerprint density at radius 2 is 1.00 bits per heavy atom. The average molecular weight is 668 g/mol. The standard InChI is InChI=1S/C47H29N3O2/c1-2-10-29(11-3-1)45-48-46(33-19-22-35-32(25-33)18-17-28-9-4-5-12-34(28)35)50-47(49-45)37-14-8-16-43-44(37)39-27-31(21-24-42(39)52-43)30-20-23-41-38(26-30)36-13-6-7-15-40(36)51-41/h1-27,47H,(H,48,49,50). The molecule has 0 aliphatic carbocycles. The number of para-hydroxylation sites is 1. The van der Waals surface area contributed by atoms with E-state index in [1.807, 2.05) is 42.5 Å². The van der Waals surface area contributed by atoms with Crippen molar-refractivity contribution in [3.05, 3.63) is 180 Å². The summed E-state index contributed by atoms with van der Waals surface area (Å²) in [6.07, 6.45) is -0.499. The molecule has 11 rings (SSSR count). The summed E-state index contributed by atoms with van der Waals surface area (Å²) >= 11 is 0. The summed E-state index contributed by atoms with van der Waals surface area (Å²) in [5, 5.41) is 12.7. The SMILES string of the molecule is c1ccc(C2=NC(c3cccc4oc5ccc(-c6ccc7oc8ccccc8c7c6)cc5c34)N=C(c3ccc4c(ccc5ccccc54)c3)N2)cc1. The Hall–Kier alpha value is -6.98. The van der Waals surface area contributed by atoms with E-state index in [4.69, 9.17) is 18.8 Å². The van der Waals surface area contributed by atoms with Crippen molar-refractivity contribution in [2.45, 2.75) is 6.17 Å². The van der Waals surface area contributed by atoms with E-state index in [1.165, 1.54) is 16.2 Å². The number of nitrogens with zero attached hydrogens (tertiary/aromatic N) is 2. The highest BCUT2D eigenvalue weighted by Gasteiger charge is 2.24. The van der Waals surface area contributed by atoms with Gasteiger partial charge in [-0.3, -0.25) is 0 Å². The molecular weight excluding hydrogens is 639 g/mol. The van der Waals surface area contributed by atoms with Gasteiger partial charge in [-0.05, 0) is 75.1 Å². The minimum Gasteiger partial charge on any atom is -0.456 e. The van der Waals surface area contributed by atoms with Crippen molar-refractivity contribution < 1.29 is 8.83 Å². The lowest BCUT2D eigenvalue weighted by Gasteiger charge is -2.23. The van der Waals surface area contributed by atoms with Crippen molar-refractivity contribution in [2.24, 2.45) is 9.98 Å². The Kier molecular flexibility index (Phi) is 6.25. The van der Waals surface area contributed by atoms with E-state index in [0.717, 1.165) is 88.8 Å². The molecule has 5 nitrogen and oxygen atoms in total. The maximum Gasteiger partial charge on any atom is 0.170 e. The predicted molar refractivity (Wildman–Crippen MR) is 213 cm³/mol. The van der Waals surface area contributed by atoms with Crippen LogP contribution in [0.2, 0.25) is 0 Å². The van der Waals surface area contributed by atoms with Crippen LogP contribution in [0.25, 0.3) is 76.5 Å². The van der Waals surface area contributed by atoms with Crippen LogP contribution in [0.5, 0.6) is 0 Å². The highest BCUT2D eigenvalue weighted by atomic mass is 16.3. The molecule has 0 bridgehead atoms. The van der Waals surface area contributed by atoms with Gasteiger partial charge in [-0.25, -0.2) is 9.98 Å². The molecule has 244 valence electrons. The summed E-state index contributed by atoms with van der Waals surface area (Å²) in [7, 11) is 0. The smallest absolute Gasteiger partial charge is 0.170 e. The van der Waals surface area contributed by atoms with Crippen LogP contribution in [0.15, 0.2) is 183 Å². The zero-order chi connectivity index (χ0) is 34.2. The van der Waals surface area contributed by atoms with Gasteiger partial charge in [-0.2, -0.15) is 0 Å². The molecule has 0 saturated heterocycles. The first-order chi connectivity index (χ1) is 25.7. The van der Waals surface area contributed by atoms with E-state index in [-0.39, 0.29) is 0 Å². The maximum absolute atomic E-state index is 6.47. The van der Waals surface area contributed by atoms with Gasteiger partial charge in [-0.1, -0.05) is 121 Å². The summed E-state index contributed by atoms with van der Waals surface area (Å²) in [5.74, 6) is 1.56. The van der Waals surface area contributed by atoms with Gasteiger partial charge in [0.05, 0.1) is 0 Å². The van der Waals surface area contributed by atoms with E-state index in [9.17, 15) is 0 Å². The van der Waals surface area contributed by atoms with E-state index >= 15 is 0 Å². The highest BCUT2D eigenvalue weighted by Crippen LogP contribution is 2.40. The molecule has 1 N–H and O–H groups in total. The van der Waals surface area contributed by atoms with Crippen LogP contribution in [0.3, 0.4) is 0 Å². The predicted octanol–water partition coefficient (Wildman–Crippen LogP) is 12.0. The number of aliphatic imine (C=N–C) groups is 2. The van der Waals surface area contributed by atoms with Crippen molar-refractivity contribution >= 4 is 77.1 Å². The third-order valence-corrected chi connectivity index (χ3v) is 10.3. The molecule has 0 fully saturated rings. The molecule has 0 amide bonds. The molecular formula is C47H29N3O2. The first-order valence-electron chi connectivity index (χ1n) is 17.5. The summed E-state index contributed by atoms with van der Waals surface area (Å²) in [6, 6.07) is 57.0. The zero-order valence-corrected chi connectivity index (χ0v) is 27.9. The van der Waals surface area contributed by atoms with Gasteiger partial charge in [0, 0.05) is 38.2 Å². The molecule has 0 spiro atoms. The van der Waals surface area contributed by atoms with Crippen LogP contribution >= 0.6 is 0 Å². The van der Waals surface area contributed by atoms with E-state index in [0.29, 0.717) is 0 Å². The number of fused-ring (bicyclic) bond motifs is 9. The largest absolute Gasteiger partial charge is 0.456 e. The molecule has 0 radical (unpaired) electrons. The number of nitrogens with one attached hydrogen (secondary N) is 1. The molecule has 10 aromatic rings. The van der Waals surface area contributed by atoms with Gasteiger partial charge in [0.1, 0.15) is 34.0 Å². The molecule has 2 aromatic heterocycles. The zero-order valence-electron chi connectivity index (χ0n) is 27.9. The summed E-state index contributed by atoms with van der Waals surface area (Å²) in [6.45, 7) is 0. The molecule has 1 aliphatic heterocycles. The Labute approximate surface area is 298 Å². The van der Waals surface area contributed by atoms with Gasteiger partial charge in [0.25, 0.3) is 0 Å². The lowest BCUT2D eigenvalue weighted by atomic mass is 9.98. The van der Waals surface area contributed by atoms with Crippen LogP contribution in [0.4, 0.5) is 0 Å². The van der Waals surface area contributed by atoms with Gasteiger partial charge >= 0.3 is 0 Å². The Morgan fingerprint density at radius 3 is 1.87 bits per heavy atom. The average Bonchev–Trinajstić information content (AvgIpc) is 3.78. The fourth-order valence-corrected chi connectivity index (χ4v) is 7.79. The second-order valence-electron chi connectivity index (χ2n) is 13.4. The van der Waals surface area contributed by atoms with Crippen LogP contribution in [0.1, 0.15) is 22.9 Å². The van der Waals surface area contributed by atoms with Crippen molar-refractivity contribution in [3.63, 3.8) is 0 Å². The van der Waals surface area contributed by atoms with E-state index in [2.05, 4.69) is 127 Å². The minimum atomic E-state index is -0.499. The molecule has 3 heterocycles. The number of furan rings is 2. The third kappa shape index (κ3) is 4.56. The fraction of sp³-hybridized carbons (Fsp3) is 0.0213. The highest BCUT2D eigenvalue weighted by molar-refractivity contribution is 6.18. The van der Waals surface area contributed by atoms with E-state index in [1.54, 1.807) is 0 Å². The van der Waals surface area contributed by atoms with Crippen LogP contribution in [-0.4, -0.2) is 11.7 Å². The number of hydrogen-bond donors (Lipinski definition) is 1. The second kappa shape index (κ2) is 11.3. The van der Waals surface area contributed by atoms with Gasteiger partial charge in [0.15, 0.2) is 6.17 Å². The van der Waals surface area contributed by atoms with Crippen LogP contribution in [-0.2, 0) is 0 Å². The Bertz CT molecular complexity index is 3110. The van der Waals surface area contributed by atoms with Gasteiger partial charge < -0.3 is 14.2 Å². The van der Waals surface area contributed by atoms with E-state index < -0.39 is 6.17 Å². The molecule has 5 heteroatoms.